The van der Waals surface area contributed by atoms with E-state index in [1.165, 1.54) is 12.1 Å². The van der Waals surface area contributed by atoms with Gasteiger partial charge in [-0.05, 0) is 24.3 Å². The van der Waals surface area contributed by atoms with Crippen LogP contribution in [0.4, 0.5) is 5.69 Å². The zero-order valence-corrected chi connectivity index (χ0v) is 9.55. The molecule has 1 aromatic rings. The van der Waals surface area contributed by atoms with Crippen LogP contribution in [0.2, 0.25) is 0 Å². The lowest BCUT2D eigenvalue weighted by molar-refractivity contribution is 0.483. The first-order valence-corrected chi connectivity index (χ1v) is 6.30. The minimum atomic E-state index is -4.11. The highest BCUT2D eigenvalue weighted by molar-refractivity contribution is 7.85. The van der Waals surface area contributed by atoms with Crippen LogP contribution in [-0.2, 0) is 10.1 Å². The molecule has 0 bridgehead atoms. The number of hydrazone groups is 1. The molecule has 1 aliphatic heterocycles. The molecule has 2 rings (SSSR count). The fraction of sp³-hybridized carbons (Fsp3) is 0.300. The van der Waals surface area contributed by atoms with Gasteiger partial charge in [-0.15, -0.1) is 0 Å². The van der Waals surface area contributed by atoms with Gasteiger partial charge >= 0.3 is 0 Å². The van der Waals surface area contributed by atoms with Gasteiger partial charge in [0, 0.05) is 18.7 Å². The number of anilines is 1. The van der Waals surface area contributed by atoms with Crippen LogP contribution >= 0.6 is 0 Å². The van der Waals surface area contributed by atoms with Crippen LogP contribution < -0.4 is 5.01 Å². The van der Waals surface area contributed by atoms with Crippen LogP contribution in [0.3, 0.4) is 0 Å². The van der Waals surface area contributed by atoms with E-state index < -0.39 is 10.1 Å². The van der Waals surface area contributed by atoms with Crippen molar-refractivity contribution in [3.05, 3.63) is 24.3 Å². The normalized spacial score (nSPS) is 20.4. The Hall–Kier alpha value is -1.40. The minimum absolute atomic E-state index is 0.104. The maximum absolute atomic E-state index is 10.8. The summed E-state index contributed by atoms with van der Waals surface area (Å²) in [6.45, 7) is 2.83. The molecule has 1 N–H and O–H groups in total. The van der Waals surface area contributed by atoms with E-state index in [2.05, 4.69) is 12.0 Å². The van der Waals surface area contributed by atoms with Crippen LogP contribution in [0.15, 0.2) is 34.3 Å². The summed E-state index contributed by atoms with van der Waals surface area (Å²) in [6, 6.07) is 5.98. The largest absolute Gasteiger partial charge is 0.294 e. The van der Waals surface area contributed by atoms with Gasteiger partial charge in [0.05, 0.1) is 10.6 Å². The molecule has 1 atom stereocenters. The zero-order valence-electron chi connectivity index (χ0n) is 8.74. The van der Waals surface area contributed by atoms with E-state index in [0.717, 1.165) is 12.2 Å². The lowest BCUT2D eigenvalue weighted by atomic mass is 10.2. The lowest BCUT2D eigenvalue weighted by Gasteiger charge is -2.14. The molecular formula is C10H12N2O3S. The van der Waals surface area contributed by atoms with Gasteiger partial charge in [-0.2, -0.15) is 13.5 Å². The molecular weight excluding hydrogens is 228 g/mol. The highest BCUT2D eigenvalue weighted by Gasteiger charge is 2.15. The highest BCUT2D eigenvalue weighted by Crippen LogP contribution is 2.21. The van der Waals surface area contributed by atoms with Crippen molar-refractivity contribution >= 4 is 22.0 Å². The SMILES string of the molecule is CC1C=NN(c2ccc(S(=O)(=O)O)cc2)C1. The van der Waals surface area contributed by atoms with Crippen molar-refractivity contribution in [2.75, 3.05) is 11.6 Å². The molecule has 0 amide bonds. The first-order chi connectivity index (χ1) is 7.47. The topological polar surface area (TPSA) is 70.0 Å². The summed E-state index contributed by atoms with van der Waals surface area (Å²) in [5.74, 6) is 0.390. The van der Waals surface area contributed by atoms with Crippen molar-refractivity contribution in [2.45, 2.75) is 11.8 Å². The average molecular weight is 240 g/mol. The number of nitrogens with zero attached hydrogens (tertiary/aromatic N) is 2. The van der Waals surface area contributed by atoms with Crippen molar-refractivity contribution in [3.63, 3.8) is 0 Å². The van der Waals surface area contributed by atoms with Gasteiger partial charge in [-0.1, -0.05) is 6.92 Å². The Balaban J connectivity index is 2.24. The van der Waals surface area contributed by atoms with Gasteiger partial charge in [0.15, 0.2) is 0 Å². The number of rotatable bonds is 2. The molecule has 0 aromatic heterocycles. The molecule has 1 unspecified atom stereocenters. The third-order valence-corrected chi connectivity index (χ3v) is 3.22. The van der Waals surface area contributed by atoms with Crippen molar-refractivity contribution in [3.8, 4) is 0 Å². The van der Waals surface area contributed by atoms with Crippen LogP contribution in [0.1, 0.15) is 6.92 Å². The van der Waals surface area contributed by atoms with Crippen molar-refractivity contribution < 1.29 is 13.0 Å². The maximum Gasteiger partial charge on any atom is 0.294 e. The smallest absolute Gasteiger partial charge is 0.282 e. The Bertz CT molecular complexity index is 507. The van der Waals surface area contributed by atoms with Crippen molar-refractivity contribution in [2.24, 2.45) is 11.0 Å². The van der Waals surface area contributed by atoms with Crippen LogP contribution in [0, 0.1) is 5.92 Å². The van der Waals surface area contributed by atoms with E-state index in [1.807, 2.05) is 6.21 Å². The molecule has 1 aromatic carbocycles. The van der Waals surface area contributed by atoms with Gasteiger partial charge in [-0.25, -0.2) is 0 Å². The third-order valence-electron chi connectivity index (χ3n) is 2.35. The number of hydrogen-bond acceptors (Lipinski definition) is 4. The second-order valence-corrected chi connectivity index (χ2v) is 5.21. The van der Waals surface area contributed by atoms with Crippen molar-refractivity contribution in [1.29, 1.82) is 0 Å². The van der Waals surface area contributed by atoms with Gasteiger partial charge < -0.3 is 0 Å². The van der Waals surface area contributed by atoms with E-state index in [9.17, 15) is 8.42 Å². The third kappa shape index (κ3) is 2.23. The Labute approximate surface area is 94.1 Å². The summed E-state index contributed by atoms with van der Waals surface area (Å²) in [4.78, 5) is -0.104. The number of hydrogen-bond donors (Lipinski definition) is 1. The predicted octanol–water partition coefficient (Wildman–Crippen LogP) is 1.38. The molecule has 0 spiro atoms. The number of benzene rings is 1. The average Bonchev–Trinajstić information content (AvgIpc) is 2.64. The first-order valence-electron chi connectivity index (χ1n) is 4.86. The molecule has 16 heavy (non-hydrogen) atoms. The summed E-state index contributed by atoms with van der Waals surface area (Å²) >= 11 is 0. The summed E-state index contributed by atoms with van der Waals surface area (Å²) in [5.41, 5.74) is 0.813. The molecule has 0 saturated heterocycles. The molecule has 5 nitrogen and oxygen atoms in total. The van der Waals surface area contributed by atoms with E-state index in [4.69, 9.17) is 4.55 Å². The predicted molar refractivity (Wildman–Crippen MR) is 61.3 cm³/mol. The first kappa shape index (κ1) is 11.1. The highest BCUT2D eigenvalue weighted by atomic mass is 32.2. The standard InChI is InChI=1S/C10H12N2O3S/c1-8-6-11-12(7-8)9-2-4-10(5-3-9)16(13,14)15/h2-6,8H,7H2,1H3,(H,13,14,15). The molecule has 1 aliphatic rings. The maximum atomic E-state index is 10.8. The summed E-state index contributed by atoms with van der Waals surface area (Å²) < 4.78 is 30.5. The summed E-state index contributed by atoms with van der Waals surface area (Å²) in [5, 5.41) is 5.97. The summed E-state index contributed by atoms with van der Waals surface area (Å²) in [6.07, 6.45) is 1.84. The van der Waals surface area contributed by atoms with Crippen molar-refractivity contribution in [1.82, 2.24) is 0 Å². The van der Waals surface area contributed by atoms with E-state index in [0.29, 0.717) is 5.92 Å². The van der Waals surface area contributed by atoms with E-state index in [-0.39, 0.29) is 4.90 Å². The molecule has 1 heterocycles. The fourth-order valence-electron chi connectivity index (χ4n) is 1.52. The molecule has 0 fully saturated rings. The Morgan fingerprint density at radius 1 is 1.38 bits per heavy atom. The minimum Gasteiger partial charge on any atom is -0.282 e. The molecule has 6 heteroatoms. The molecule has 86 valence electrons. The zero-order chi connectivity index (χ0) is 11.8. The molecule has 0 aliphatic carbocycles. The van der Waals surface area contributed by atoms with Crippen LogP contribution in [0.25, 0.3) is 0 Å². The fourth-order valence-corrected chi connectivity index (χ4v) is 2.00. The van der Waals surface area contributed by atoms with Gasteiger partial charge in [-0.3, -0.25) is 9.56 Å². The van der Waals surface area contributed by atoms with Crippen LogP contribution in [0.5, 0.6) is 0 Å². The van der Waals surface area contributed by atoms with Crippen LogP contribution in [-0.4, -0.2) is 25.7 Å². The Morgan fingerprint density at radius 3 is 2.44 bits per heavy atom. The Kier molecular flexibility index (Phi) is 2.69. The van der Waals surface area contributed by atoms with E-state index >= 15 is 0 Å². The second-order valence-electron chi connectivity index (χ2n) is 3.79. The van der Waals surface area contributed by atoms with Gasteiger partial charge in [0.2, 0.25) is 0 Å². The van der Waals surface area contributed by atoms with E-state index in [1.54, 1.807) is 17.1 Å². The molecule has 0 saturated carbocycles. The van der Waals surface area contributed by atoms with Gasteiger partial charge in [0.25, 0.3) is 10.1 Å². The van der Waals surface area contributed by atoms with Gasteiger partial charge in [0.1, 0.15) is 0 Å². The quantitative estimate of drug-likeness (QED) is 0.793. The Morgan fingerprint density at radius 2 is 2.00 bits per heavy atom. The monoisotopic (exact) mass is 240 g/mol. The molecule has 0 radical (unpaired) electrons. The second kappa shape index (κ2) is 3.88. The summed E-state index contributed by atoms with van der Waals surface area (Å²) in [7, 11) is -4.11. The lowest BCUT2D eigenvalue weighted by Crippen LogP contribution is -2.15.